The third-order valence-electron chi connectivity index (χ3n) is 2.24. The summed E-state index contributed by atoms with van der Waals surface area (Å²) in [7, 11) is 6.29. The van der Waals surface area contributed by atoms with E-state index in [-0.39, 0.29) is 0 Å². The third-order valence-corrected chi connectivity index (χ3v) is 2.24. The van der Waals surface area contributed by atoms with Crippen molar-refractivity contribution in [2.75, 3.05) is 27.8 Å². The first kappa shape index (κ1) is 12.2. The Kier molecular flexibility index (Phi) is 4.29. The van der Waals surface area contributed by atoms with Crippen molar-refractivity contribution in [1.29, 1.82) is 0 Å². The highest BCUT2D eigenvalue weighted by Crippen LogP contribution is 2.00. The standard InChI is InChI=1S/C11H23N4/c1-11(2)15-7-6-14(10-15)9-13(5)8-12(3)4/h6-7,10-11H,8-9H2,1-5H3/q+1. The van der Waals surface area contributed by atoms with Crippen LogP contribution in [0.2, 0.25) is 0 Å². The Bertz CT molecular complexity index is 291. The maximum absolute atomic E-state index is 2.27. The highest BCUT2D eigenvalue weighted by atomic mass is 15.3. The van der Waals surface area contributed by atoms with Gasteiger partial charge in [-0.05, 0) is 35.0 Å². The molecule has 0 aromatic carbocycles. The second-order valence-corrected chi connectivity index (χ2v) is 4.69. The van der Waals surface area contributed by atoms with Gasteiger partial charge in [-0.3, -0.25) is 9.80 Å². The largest absolute Gasteiger partial charge is 0.297 e. The molecule has 15 heavy (non-hydrogen) atoms. The Balaban J connectivity index is 2.49. The molecule has 1 heterocycles. The van der Waals surface area contributed by atoms with Crippen LogP contribution in [0.3, 0.4) is 0 Å². The summed E-state index contributed by atoms with van der Waals surface area (Å²) in [6, 6.07) is 0.533. The molecule has 1 rings (SSSR count). The molecule has 0 aliphatic heterocycles. The summed E-state index contributed by atoms with van der Waals surface area (Å²) in [4.78, 5) is 4.44. The van der Waals surface area contributed by atoms with Gasteiger partial charge in [-0.2, -0.15) is 0 Å². The lowest BCUT2D eigenvalue weighted by Gasteiger charge is -2.18. The van der Waals surface area contributed by atoms with Gasteiger partial charge in [0.05, 0.1) is 12.7 Å². The molecule has 0 unspecified atom stereocenters. The minimum absolute atomic E-state index is 0.533. The molecule has 0 aliphatic rings. The quantitative estimate of drug-likeness (QED) is 0.528. The van der Waals surface area contributed by atoms with E-state index in [2.05, 4.69) is 72.6 Å². The molecular formula is C11H23N4+. The molecule has 0 fully saturated rings. The van der Waals surface area contributed by atoms with Gasteiger partial charge < -0.3 is 0 Å². The first-order chi connectivity index (χ1) is 6.99. The lowest BCUT2D eigenvalue weighted by molar-refractivity contribution is -0.715. The summed E-state index contributed by atoms with van der Waals surface area (Å²) in [6.45, 7) is 6.28. The number of nitrogens with zero attached hydrogens (tertiary/aromatic N) is 4. The molecule has 1 aromatic heterocycles. The van der Waals surface area contributed by atoms with Gasteiger partial charge in [0.1, 0.15) is 19.1 Å². The van der Waals surface area contributed by atoms with Gasteiger partial charge in [0.2, 0.25) is 6.33 Å². The Morgan fingerprint density at radius 3 is 2.40 bits per heavy atom. The van der Waals surface area contributed by atoms with Crippen molar-refractivity contribution in [3.63, 3.8) is 0 Å². The molecule has 0 saturated carbocycles. The smallest absolute Gasteiger partial charge is 0.245 e. The Morgan fingerprint density at radius 2 is 1.93 bits per heavy atom. The fraction of sp³-hybridized carbons (Fsp3) is 0.727. The first-order valence-corrected chi connectivity index (χ1v) is 5.39. The van der Waals surface area contributed by atoms with Gasteiger partial charge in [-0.25, -0.2) is 9.13 Å². The van der Waals surface area contributed by atoms with Gasteiger partial charge >= 0.3 is 0 Å². The van der Waals surface area contributed by atoms with Crippen LogP contribution >= 0.6 is 0 Å². The maximum Gasteiger partial charge on any atom is 0.245 e. The first-order valence-electron chi connectivity index (χ1n) is 5.39. The maximum atomic E-state index is 2.27. The van der Waals surface area contributed by atoms with E-state index >= 15 is 0 Å². The summed E-state index contributed by atoms with van der Waals surface area (Å²) >= 11 is 0. The van der Waals surface area contributed by atoms with E-state index in [0.717, 1.165) is 13.3 Å². The van der Waals surface area contributed by atoms with Gasteiger partial charge in [0, 0.05) is 0 Å². The van der Waals surface area contributed by atoms with Crippen LogP contribution in [0.15, 0.2) is 18.7 Å². The average Bonchev–Trinajstić information content (AvgIpc) is 2.50. The zero-order valence-corrected chi connectivity index (χ0v) is 10.5. The van der Waals surface area contributed by atoms with Gasteiger partial charge in [0.15, 0.2) is 0 Å². The van der Waals surface area contributed by atoms with Crippen LogP contribution in [0.1, 0.15) is 19.9 Å². The predicted octanol–water partition coefficient (Wildman–Crippen LogP) is 0.765. The lowest BCUT2D eigenvalue weighted by Crippen LogP contribution is -2.43. The van der Waals surface area contributed by atoms with Crippen LogP contribution < -0.4 is 4.57 Å². The number of imidazole rings is 1. The van der Waals surface area contributed by atoms with Gasteiger partial charge in [-0.15, -0.1) is 0 Å². The number of hydrogen-bond donors (Lipinski definition) is 0. The molecular weight excluding hydrogens is 188 g/mol. The molecule has 0 spiro atoms. The number of rotatable bonds is 5. The Morgan fingerprint density at radius 1 is 1.27 bits per heavy atom. The zero-order valence-electron chi connectivity index (χ0n) is 10.5. The van der Waals surface area contributed by atoms with E-state index in [4.69, 9.17) is 0 Å². The van der Waals surface area contributed by atoms with Crippen molar-refractivity contribution in [3.8, 4) is 0 Å². The van der Waals surface area contributed by atoms with E-state index in [1.165, 1.54) is 0 Å². The number of hydrogen-bond acceptors (Lipinski definition) is 2. The second kappa shape index (κ2) is 5.28. The molecule has 0 saturated heterocycles. The Hall–Kier alpha value is -0.870. The summed E-state index contributed by atoms with van der Waals surface area (Å²) in [6.07, 6.45) is 6.39. The molecule has 0 bridgehead atoms. The van der Waals surface area contributed by atoms with Crippen LogP contribution in [-0.2, 0) is 6.67 Å². The highest BCUT2D eigenvalue weighted by Gasteiger charge is 2.08. The molecule has 0 radical (unpaired) electrons. The van der Waals surface area contributed by atoms with Crippen molar-refractivity contribution < 1.29 is 4.57 Å². The topological polar surface area (TPSA) is 15.3 Å². The summed E-state index contributed by atoms with van der Waals surface area (Å²) in [5.74, 6) is 0. The summed E-state index contributed by atoms with van der Waals surface area (Å²) in [5, 5.41) is 0. The molecule has 0 N–H and O–H groups in total. The molecule has 0 atom stereocenters. The van der Waals surface area contributed by atoms with Crippen LogP contribution in [0.25, 0.3) is 0 Å². The molecule has 0 aliphatic carbocycles. The van der Waals surface area contributed by atoms with E-state index in [0.29, 0.717) is 6.04 Å². The minimum atomic E-state index is 0.533. The lowest BCUT2D eigenvalue weighted by atomic mass is 10.4. The predicted molar refractivity (Wildman–Crippen MR) is 61.3 cm³/mol. The van der Waals surface area contributed by atoms with Crippen molar-refractivity contribution in [2.45, 2.75) is 26.6 Å². The fourth-order valence-electron chi connectivity index (χ4n) is 1.61. The monoisotopic (exact) mass is 211 g/mol. The molecule has 1 aromatic rings. The molecule has 4 heteroatoms. The van der Waals surface area contributed by atoms with E-state index in [9.17, 15) is 0 Å². The van der Waals surface area contributed by atoms with E-state index < -0.39 is 0 Å². The highest BCUT2D eigenvalue weighted by molar-refractivity contribution is 4.69. The molecule has 86 valence electrons. The average molecular weight is 211 g/mol. The minimum Gasteiger partial charge on any atom is -0.297 e. The van der Waals surface area contributed by atoms with E-state index in [1.807, 2.05) is 0 Å². The Labute approximate surface area is 92.7 Å². The van der Waals surface area contributed by atoms with Crippen molar-refractivity contribution in [3.05, 3.63) is 18.7 Å². The van der Waals surface area contributed by atoms with Crippen molar-refractivity contribution >= 4 is 0 Å². The summed E-state index contributed by atoms with van der Waals surface area (Å²) < 4.78 is 4.41. The van der Waals surface area contributed by atoms with Crippen molar-refractivity contribution in [1.82, 2.24) is 14.4 Å². The van der Waals surface area contributed by atoms with Crippen LogP contribution in [0, 0.1) is 0 Å². The third kappa shape index (κ3) is 4.01. The molecule has 4 nitrogen and oxygen atoms in total. The van der Waals surface area contributed by atoms with Gasteiger partial charge in [-0.1, -0.05) is 0 Å². The van der Waals surface area contributed by atoms with Crippen LogP contribution in [0.5, 0.6) is 0 Å². The van der Waals surface area contributed by atoms with Crippen LogP contribution in [-0.4, -0.2) is 42.2 Å². The van der Waals surface area contributed by atoms with Crippen molar-refractivity contribution in [2.24, 2.45) is 0 Å². The SMILES string of the molecule is CC(C)n1cc[n+](CN(C)CN(C)C)c1. The fourth-order valence-corrected chi connectivity index (χ4v) is 1.61. The second-order valence-electron chi connectivity index (χ2n) is 4.69. The van der Waals surface area contributed by atoms with Gasteiger partial charge in [0.25, 0.3) is 0 Å². The summed E-state index contributed by atoms with van der Waals surface area (Å²) in [5.41, 5.74) is 0. The molecule has 0 amide bonds. The van der Waals surface area contributed by atoms with Crippen LogP contribution in [0.4, 0.5) is 0 Å². The van der Waals surface area contributed by atoms with E-state index in [1.54, 1.807) is 0 Å². The zero-order chi connectivity index (χ0) is 11.4. The number of aromatic nitrogens is 2. The normalized spacial score (nSPS) is 12.0.